The van der Waals surface area contributed by atoms with Crippen LogP contribution in [0.15, 0.2) is 18.2 Å². The zero-order valence-electron chi connectivity index (χ0n) is 8.83. The highest BCUT2D eigenvalue weighted by Gasteiger charge is 2.24. The molecule has 0 spiro atoms. The van der Waals surface area contributed by atoms with Crippen molar-refractivity contribution in [1.82, 2.24) is 5.32 Å². The fourth-order valence-electron chi connectivity index (χ4n) is 1.79. The van der Waals surface area contributed by atoms with E-state index in [9.17, 15) is 5.11 Å². The number of benzene rings is 1. The number of nitrogens with two attached hydrogens (primary N) is 1. The van der Waals surface area contributed by atoms with E-state index in [1.165, 1.54) is 0 Å². The number of aliphatic hydroxyl groups is 1. The van der Waals surface area contributed by atoms with Gasteiger partial charge in [-0.1, -0.05) is 0 Å². The summed E-state index contributed by atoms with van der Waals surface area (Å²) in [6.07, 6.45) is -0.317. The lowest BCUT2D eigenvalue weighted by atomic mass is 10.1. The van der Waals surface area contributed by atoms with E-state index < -0.39 is 0 Å². The maximum absolute atomic E-state index is 9.62. The summed E-state index contributed by atoms with van der Waals surface area (Å²) in [5, 5.41) is 16.0. The molecule has 82 valence electrons. The van der Waals surface area contributed by atoms with Crippen molar-refractivity contribution in [3.8, 4) is 0 Å². The van der Waals surface area contributed by atoms with Crippen LogP contribution in [0.3, 0.4) is 0 Å². The van der Waals surface area contributed by atoms with E-state index in [1.807, 2.05) is 25.1 Å². The van der Waals surface area contributed by atoms with Crippen LogP contribution in [0.25, 0.3) is 0 Å². The van der Waals surface area contributed by atoms with E-state index in [-0.39, 0.29) is 12.1 Å². The molecule has 1 aliphatic rings. The molecular weight excluding hydrogens is 190 g/mol. The van der Waals surface area contributed by atoms with Crippen LogP contribution < -0.4 is 16.4 Å². The number of aryl methyl sites for hydroxylation is 1. The Labute approximate surface area is 89.5 Å². The van der Waals surface area contributed by atoms with Gasteiger partial charge in [-0.3, -0.25) is 0 Å². The smallest absolute Gasteiger partial charge is 0.0877 e. The van der Waals surface area contributed by atoms with E-state index in [1.54, 1.807) is 0 Å². The molecule has 1 aromatic rings. The largest absolute Gasteiger partial charge is 0.399 e. The molecule has 2 unspecified atom stereocenters. The molecule has 0 radical (unpaired) electrons. The molecule has 1 fully saturated rings. The van der Waals surface area contributed by atoms with E-state index in [2.05, 4.69) is 10.6 Å². The number of hydrogen-bond acceptors (Lipinski definition) is 4. The molecule has 0 amide bonds. The van der Waals surface area contributed by atoms with Crippen molar-refractivity contribution >= 4 is 11.4 Å². The number of β-amino-alcohol motifs (C(OH)–C–C–N with tert-alkyl or cyclic N) is 1. The average Bonchev–Trinajstić information content (AvgIpc) is 2.59. The SMILES string of the molecule is Cc1cc(NC2CNCC2O)ccc1N. The average molecular weight is 207 g/mol. The van der Waals surface area contributed by atoms with Crippen molar-refractivity contribution in [2.24, 2.45) is 0 Å². The fraction of sp³-hybridized carbons (Fsp3) is 0.455. The minimum Gasteiger partial charge on any atom is -0.399 e. The molecule has 2 rings (SSSR count). The number of nitrogen functional groups attached to an aromatic ring is 1. The number of nitrogens with one attached hydrogen (secondary N) is 2. The number of rotatable bonds is 2. The molecule has 5 N–H and O–H groups in total. The van der Waals surface area contributed by atoms with Crippen LogP contribution >= 0.6 is 0 Å². The summed E-state index contributed by atoms with van der Waals surface area (Å²) in [7, 11) is 0. The van der Waals surface area contributed by atoms with E-state index in [4.69, 9.17) is 5.73 Å². The molecule has 1 heterocycles. The zero-order valence-corrected chi connectivity index (χ0v) is 8.83. The fourth-order valence-corrected chi connectivity index (χ4v) is 1.79. The van der Waals surface area contributed by atoms with Crippen molar-refractivity contribution in [3.05, 3.63) is 23.8 Å². The predicted molar refractivity (Wildman–Crippen MR) is 61.9 cm³/mol. The Morgan fingerprint density at radius 3 is 2.87 bits per heavy atom. The highest BCUT2D eigenvalue weighted by atomic mass is 16.3. The van der Waals surface area contributed by atoms with Crippen molar-refractivity contribution in [1.29, 1.82) is 0 Å². The molecule has 0 aliphatic carbocycles. The first kappa shape index (κ1) is 10.3. The van der Waals surface area contributed by atoms with Crippen LogP contribution in [0.4, 0.5) is 11.4 Å². The lowest BCUT2D eigenvalue weighted by Gasteiger charge is -2.17. The maximum atomic E-state index is 9.62. The first-order valence-corrected chi connectivity index (χ1v) is 5.18. The quantitative estimate of drug-likeness (QED) is 0.527. The van der Waals surface area contributed by atoms with Crippen LogP contribution in [-0.2, 0) is 0 Å². The zero-order chi connectivity index (χ0) is 10.8. The summed E-state index contributed by atoms with van der Waals surface area (Å²) >= 11 is 0. The predicted octanol–water partition coefficient (Wildman–Crippen LogP) is 0.322. The summed E-state index contributed by atoms with van der Waals surface area (Å²) in [5.41, 5.74) is 8.60. The summed E-state index contributed by atoms with van der Waals surface area (Å²) < 4.78 is 0. The van der Waals surface area contributed by atoms with Gasteiger partial charge in [0.15, 0.2) is 0 Å². The summed E-state index contributed by atoms with van der Waals surface area (Å²) in [5.74, 6) is 0. The molecule has 4 nitrogen and oxygen atoms in total. The van der Waals surface area contributed by atoms with Gasteiger partial charge >= 0.3 is 0 Å². The lowest BCUT2D eigenvalue weighted by Crippen LogP contribution is -2.31. The first-order chi connectivity index (χ1) is 7.16. The molecule has 1 saturated heterocycles. The number of hydrogen-bond donors (Lipinski definition) is 4. The third-order valence-electron chi connectivity index (χ3n) is 2.80. The third-order valence-corrected chi connectivity index (χ3v) is 2.80. The van der Waals surface area contributed by atoms with Crippen molar-refractivity contribution in [2.75, 3.05) is 24.1 Å². The first-order valence-electron chi connectivity index (χ1n) is 5.18. The van der Waals surface area contributed by atoms with Crippen LogP contribution in [0.1, 0.15) is 5.56 Å². The minimum absolute atomic E-state index is 0.0908. The third kappa shape index (κ3) is 2.22. The van der Waals surface area contributed by atoms with Crippen LogP contribution in [0.2, 0.25) is 0 Å². The van der Waals surface area contributed by atoms with E-state index >= 15 is 0 Å². The molecule has 1 aromatic carbocycles. The number of aliphatic hydroxyl groups excluding tert-OH is 1. The Bertz CT molecular complexity index is 354. The highest BCUT2D eigenvalue weighted by Crippen LogP contribution is 2.18. The second-order valence-electron chi connectivity index (χ2n) is 4.05. The molecule has 2 atom stereocenters. The normalized spacial score (nSPS) is 25.5. The van der Waals surface area contributed by atoms with Gasteiger partial charge in [0, 0.05) is 24.5 Å². The molecule has 0 saturated carbocycles. The van der Waals surface area contributed by atoms with Crippen molar-refractivity contribution in [2.45, 2.75) is 19.1 Å². The topological polar surface area (TPSA) is 70.3 Å². The maximum Gasteiger partial charge on any atom is 0.0877 e. The van der Waals surface area contributed by atoms with Crippen LogP contribution in [0.5, 0.6) is 0 Å². The van der Waals surface area contributed by atoms with Gasteiger partial charge in [0.1, 0.15) is 0 Å². The Hall–Kier alpha value is -1.26. The van der Waals surface area contributed by atoms with Gasteiger partial charge in [-0.15, -0.1) is 0 Å². The van der Waals surface area contributed by atoms with Gasteiger partial charge in [0.05, 0.1) is 12.1 Å². The summed E-state index contributed by atoms with van der Waals surface area (Å²) in [6, 6.07) is 5.91. The van der Waals surface area contributed by atoms with Crippen LogP contribution in [0, 0.1) is 6.92 Å². The Morgan fingerprint density at radius 2 is 2.27 bits per heavy atom. The molecular formula is C11H17N3O. The minimum atomic E-state index is -0.317. The second-order valence-corrected chi connectivity index (χ2v) is 4.05. The van der Waals surface area contributed by atoms with Gasteiger partial charge in [0.25, 0.3) is 0 Å². The highest BCUT2D eigenvalue weighted by molar-refractivity contribution is 5.57. The second kappa shape index (κ2) is 4.08. The van der Waals surface area contributed by atoms with E-state index in [0.717, 1.165) is 23.5 Å². The molecule has 0 bridgehead atoms. The monoisotopic (exact) mass is 207 g/mol. The molecule has 0 aromatic heterocycles. The van der Waals surface area contributed by atoms with E-state index in [0.29, 0.717) is 6.54 Å². The standard InChI is InChI=1S/C11H17N3O/c1-7-4-8(2-3-9(7)12)14-10-5-13-6-11(10)15/h2-4,10-11,13-15H,5-6,12H2,1H3. The van der Waals surface area contributed by atoms with Gasteiger partial charge < -0.3 is 21.5 Å². The molecule has 15 heavy (non-hydrogen) atoms. The van der Waals surface area contributed by atoms with Crippen LogP contribution in [-0.4, -0.2) is 30.3 Å². The lowest BCUT2D eigenvalue weighted by molar-refractivity contribution is 0.185. The summed E-state index contributed by atoms with van der Waals surface area (Å²) in [6.45, 7) is 3.43. The Morgan fingerprint density at radius 1 is 1.47 bits per heavy atom. The Balaban J connectivity index is 2.07. The van der Waals surface area contributed by atoms with Crippen molar-refractivity contribution < 1.29 is 5.11 Å². The van der Waals surface area contributed by atoms with Crippen molar-refractivity contribution in [3.63, 3.8) is 0 Å². The number of anilines is 2. The Kier molecular flexibility index (Phi) is 2.79. The summed E-state index contributed by atoms with van der Waals surface area (Å²) in [4.78, 5) is 0. The molecule has 4 heteroatoms. The van der Waals surface area contributed by atoms with Gasteiger partial charge in [-0.05, 0) is 30.7 Å². The van der Waals surface area contributed by atoms with Gasteiger partial charge in [-0.25, -0.2) is 0 Å². The van der Waals surface area contributed by atoms with Gasteiger partial charge in [0.2, 0.25) is 0 Å². The molecule has 1 aliphatic heterocycles. The van der Waals surface area contributed by atoms with Gasteiger partial charge in [-0.2, -0.15) is 0 Å².